The first-order valence-electron chi connectivity index (χ1n) is 6.16. The Kier molecular flexibility index (Phi) is 2.19. The molecule has 0 atom stereocenters. The number of hydrogen-bond donors (Lipinski definition) is 1. The summed E-state index contributed by atoms with van der Waals surface area (Å²) in [6.45, 7) is 2.14. The van der Waals surface area contributed by atoms with Crippen LogP contribution in [-0.2, 0) is 0 Å². The van der Waals surface area contributed by atoms with E-state index in [4.69, 9.17) is 0 Å². The van der Waals surface area contributed by atoms with Gasteiger partial charge in [-0.2, -0.15) is 0 Å². The van der Waals surface area contributed by atoms with E-state index in [9.17, 15) is 0 Å². The maximum Gasteiger partial charge on any atom is 0.0342 e. The number of rotatable bonds is 4. The van der Waals surface area contributed by atoms with Crippen LogP contribution in [0, 0.1) is 18.8 Å². The van der Waals surface area contributed by atoms with Gasteiger partial charge in [-0.05, 0) is 56.6 Å². The molecule has 0 radical (unpaired) electrons. The van der Waals surface area contributed by atoms with Crippen LogP contribution in [-0.4, -0.2) is 6.04 Å². The zero-order valence-electron chi connectivity index (χ0n) is 9.37. The molecule has 15 heavy (non-hydrogen) atoms. The lowest BCUT2D eigenvalue weighted by molar-refractivity contribution is 0.568. The standard InChI is InChI=1S/C14H19N/c1-10-2-8-13(9-3-10)15-14(11-4-5-11)12-6-7-12/h2-3,8-9,11-12,14-15H,4-7H2,1H3. The van der Waals surface area contributed by atoms with Crippen LogP contribution in [0.25, 0.3) is 0 Å². The van der Waals surface area contributed by atoms with Crippen LogP contribution in [0.1, 0.15) is 31.2 Å². The average Bonchev–Trinajstić information content (AvgIpc) is 3.11. The first-order valence-corrected chi connectivity index (χ1v) is 6.16. The van der Waals surface area contributed by atoms with Gasteiger partial charge in [-0.1, -0.05) is 17.7 Å². The minimum atomic E-state index is 0.771. The molecule has 2 aliphatic carbocycles. The molecule has 0 saturated heterocycles. The van der Waals surface area contributed by atoms with E-state index in [-0.39, 0.29) is 0 Å². The van der Waals surface area contributed by atoms with Crippen LogP contribution in [0.15, 0.2) is 24.3 Å². The summed E-state index contributed by atoms with van der Waals surface area (Å²) in [6, 6.07) is 9.59. The highest BCUT2D eigenvalue weighted by molar-refractivity contribution is 5.46. The van der Waals surface area contributed by atoms with Gasteiger partial charge in [-0.25, -0.2) is 0 Å². The smallest absolute Gasteiger partial charge is 0.0342 e. The number of nitrogens with one attached hydrogen (secondary N) is 1. The van der Waals surface area contributed by atoms with Gasteiger partial charge in [0.25, 0.3) is 0 Å². The Balaban J connectivity index is 1.69. The predicted molar refractivity (Wildman–Crippen MR) is 64.0 cm³/mol. The Morgan fingerprint density at radius 1 is 1.00 bits per heavy atom. The Labute approximate surface area is 91.9 Å². The Morgan fingerprint density at radius 2 is 1.53 bits per heavy atom. The van der Waals surface area contributed by atoms with E-state index in [1.807, 2.05) is 0 Å². The Morgan fingerprint density at radius 3 is 2.00 bits per heavy atom. The summed E-state index contributed by atoms with van der Waals surface area (Å²) in [7, 11) is 0. The largest absolute Gasteiger partial charge is 0.382 e. The molecule has 2 saturated carbocycles. The minimum Gasteiger partial charge on any atom is -0.382 e. The van der Waals surface area contributed by atoms with E-state index in [1.165, 1.54) is 36.9 Å². The van der Waals surface area contributed by atoms with Crippen LogP contribution in [0.2, 0.25) is 0 Å². The molecule has 0 amide bonds. The maximum absolute atomic E-state index is 3.73. The van der Waals surface area contributed by atoms with Gasteiger partial charge in [0.2, 0.25) is 0 Å². The molecule has 0 aliphatic heterocycles. The quantitative estimate of drug-likeness (QED) is 0.785. The SMILES string of the molecule is Cc1ccc(NC(C2CC2)C2CC2)cc1. The molecular weight excluding hydrogens is 182 g/mol. The van der Waals surface area contributed by atoms with Crippen molar-refractivity contribution in [3.8, 4) is 0 Å². The van der Waals surface area contributed by atoms with Gasteiger partial charge in [0.15, 0.2) is 0 Å². The van der Waals surface area contributed by atoms with E-state index in [2.05, 4.69) is 36.5 Å². The van der Waals surface area contributed by atoms with E-state index >= 15 is 0 Å². The second-order valence-corrected chi connectivity index (χ2v) is 5.21. The van der Waals surface area contributed by atoms with Crippen LogP contribution in [0.4, 0.5) is 5.69 Å². The molecule has 80 valence electrons. The molecule has 2 aliphatic rings. The molecule has 1 aromatic carbocycles. The third-order valence-electron chi connectivity index (χ3n) is 3.64. The number of anilines is 1. The summed E-state index contributed by atoms with van der Waals surface area (Å²) in [5.41, 5.74) is 2.65. The summed E-state index contributed by atoms with van der Waals surface area (Å²) in [5, 5.41) is 3.73. The van der Waals surface area contributed by atoms with Gasteiger partial charge in [-0.3, -0.25) is 0 Å². The Hall–Kier alpha value is -0.980. The fourth-order valence-corrected chi connectivity index (χ4v) is 2.37. The summed E-state index contributed by atoms with van der Waals surface area (Å²) in [6.07, 6.45) is 5.78. The van der Waals surface area contributed by atoms with Crippen LogP contribution < -0.4 is 5.32 Å². The molecule has 1 heteroatoms. The van der Waals surface area contributed by atoms with E-state index in [0.29, 0.717) is 0 Å². The van der Waals surface area contributed by atoms with E-state index in [1.54, 1.807) is 0 Å². The second-order valence-electron chi connectivity index (χ2n) is 5.21. The predicted octanol–water partition coefficient (Wildman–Crippen LogP) is 3.60. The number of benzene rings is 1. The van der Waals surface area contributed by atoms with Gasteiger partial charge in [-0.15, -0.1) is 0 Å². The van der Waals surface area contributed by atoms with Crippen molar-refractivity contribution in [2.75, 3.05) is 5.32 Å². The van der Waals surface area contributed by atoms with Gasteiger partial charge in [0.1, 0.15) is 0 Å². The molecule has 0 aromatic heterocycles. The van der Waals surface area contributed by atoms with Crippen molar-refractivity contribution in [2.45, 2.75) is 38.6 Å². The fourth-order valence-electron chi connectivity index (χ4n) is 2.37. The molecule has 0 unspecified atom stereocenters. The van der Waals surface area contributed by atoms with Gasteiger partial charge in [0, 0.05) is 11.7 Å². The molecule has 2 fully saturated rings. The Bertz CT molecular complexity index is 321. The molecule has 0 heterocycles. The molecular formula is C14H19N. The summed E-state index contributed by atoms with van der Waals surface area (Å²) < 4.78 is 0. The topological polar surface area (TPSA) is 12.0 Å². The first-order chi connectivity index (χ1) is 7.33. The van der Waals surface area contributed by atoms with Crippen molar-refractivity contribution < 1.29 is 0 Å². The van der Waals surface area contributed by atoms with Gasteiger partial charge < -0.3 is 5.32 Å². The van der Waals surface area contributed by atoms with Gasteiger partial charge >= 0.3 is 0 Å². The summed E-state index contributed by atoms with van der Waals surface area (Å²) in [4.78, 5) is 0. The highest BCUT2D eigenvalue weighted by atomic mass is 15.0. The van der Waals surface area contributed by atoms with E-state index < -0.39 is 0 Å². The zero-order valence-corrected chi connectivity index (χ0v) is 9.37. The minimum absolute atomic E-state index is 0.771. The average molecular weight is 201 g/mol. The van der Waals surface area contributed by atoms with Crippen molar-refractivity contribution in [2.24, 2.45) is 11.8 Å². The normalized spacial score (nSPS) is 20.7. The van der Waals surface area contributed by atoms with E-state index in [0.717, 1.165) is 17.9 Å². The molecule has 1 aromatic rings. The zero-order chi connectivity index (χ0) is 10.3. The monoisotopic (exact) mass is 201 g/mol. The molecule has 1 N–H and O–H groups in total. The van der Waals surface area contributed by atoms with Crippen molar-refractivity contribution in [1.29, 1.82) is 0 Å². The second kappa shape index (κ2) is 3.55. The van der Waals surface area contributed by atoms with Crippen molar-refractivity contribution >= 4 is 5.69 Å². The molecule has 1 nitrogen and oxygen atoms in total. The molecule has 0 bridgehead atoms. The van der Waals surface area contributed by atoms with Crippen LogP contribution in [0.3, 0.4) is 0 Å². The lowest BCUT2D eigenvalue weighted by atomic mass is 10.1. The first kappa shape index (κ1) is 9.26. The lowest BCUT2D eigenvalue weighted by Gasteiger charge is -2.19. The third kappa shape index (κ3) is 2.17. The third-order valence-corrected chi connectivity index (χ3v) is 3.64. The molecule has 3 rings (SSSR count). The summed E-state index contributed by atoms with van der Waals surface area (Å²) in [5.74, 6) is 1.94. The maximum atomic E-state index is 3.73. The molecule has 0 spiro atoms. The fraction of sp³-hybridized carbons (Fsp3) is 0.571. The van der Waals surface area contributed by atoms with Crippen molar-refractivity contribution in [3.63, 3.8) is 0 Å². The van der Waals surface area contributed by atoms with Crippen molar-refractivity contribution in [1.82, 2.24) is 0 Å². The lowest BCUT2D eigenvalue weighted by Crippen LogP contribution is -2.24. The highest BCUT2D eigenvalue weighted by Crippen LogP contribution is 2.45. The number of aryl methyl sites for hydroxylation is 1. The summed E-state index contributed by atoms with van der Waals surface area (Å²) >= 11 is 0. The van der Waals surface area contributed by atoms with Crippen molar-refractivity contribution in [3.05, 3.63) is 29.8 Å². The highest BCUT2D eigenvalue weighted by Gasteiger charge is 2.41. The number of hydrogen-bond acceptors (Lipinski definition) is 1. The van der Waals surface area contributed by atoms with Crippen LogP contribution >= 0.6 is 0 Å². The van der Waals surface area contributed by atoms with Gasteiger partial charge in [0.05, 0.1) is 0 Å². The van der Waals surface area contributed by atoms with Crippen LogP contribution in [0.5, 0.6) is 0 Å².